The van der Waals surface area contributed by atoms with E-state index in [0.717, 1.165) is 6.42 Å². The Hall–Kier alpha value is -1.69. The molecule has 0 spiro atoms. The predicted octanol–water partition coefficient (Wildman–Crippen LogP) is 1.41. The average Bonchev–Trinajstić information content (AvgIpc) is 2.42. The summed E-state index contributed by atoms with van der Waals surface area (Å²) in [6.45, 7) is 5.18. The fourth-order valence-electron chi connectivity index (χ4n) is 1.53. The molecule has 6 nitrogen and oxygen atoms in total. The van der Waals surface area contributed by atoms with Crippen LogP contribution in [0.1, 0.15) is 42.5 Å². The van der Waals surface area contributed by atoms with Gasteiger partial charge in [-0.3, -0.25) is 4.79 Å². The number of nitrogens with one attached hydrogen (secondary N) is 2. The largest absolute Gasteiger partial charge is 0.385 e. The fraction of sp³-hybridized carbons (Fsp3) is 0.615. The first kappa shape index (κ1) is 15.4. The summed E-state index contributed by atoms with van der Waals surface area (Å²) in [4.78, 5) is 20.6. The smallest absolute Gasteiger partial charge is 0.272 e. The summed E-state index contributed by atoms with van der Waals surface area (Å²) in [6, 6.07) is 0. The fourth-order valence-corrected chi connectivity index (χ4v) is 1.53. The van der Waals surface area contributed by atoms with Crippen LogP contribution in [0.25, 0.3) is 0 Å². The van der Waals surface area contributed by atoms with Gasteiger partial charge in [0.15, 0.2) is 5.69 Å². The molecular formula is C13H22N4O2. The topological polar surface area (TPSA) is 76.1 Å². The monoisotopic (exact) mass is 266 g/mol. The Morgan fingerprint density at radius 1 is 1.47 bits per heavy atom. The van der Waals surface area contributed by atoms with Crippen LogP contribution in [-0.2, 0) is 4.74 Å². The van der Waals surface area contributed by atoms with Gasteiger partial charge in [-0.05, 0) is 6.42 Å². The number of rotatable bonds is 7. The summed E-state index contributed by atoms with van der Waals surface area (Å²) in [7, 11) is 3.38. The molecule has 0 aromatic carbocycles. The molecule has 6 heteroatoms. The van der Waals surface area contributed by atoms with E-state index in [4.69, 9.17) is 4.74 Å². The highest BCUT2D eigenvalue weighted by Crippen LogP contribution is 2.15. The minimum atomic E-state index is -0.190. The molecule has 1 rings (SSSR count). The average molecular weight is 266 g/mol. The number of nitrogens with zero attached hydrogens (tertiary/aromatic N) is 2. The van der Waals surface area contributed by atoms with Crippen LogP contribution < -0.4 is 10.6 Å². The molecule has 0 aliphatic carbocycles. The van der Waals surface area contributed by atoms with Crippen molar-refractivity contribution in [1.82, 2.24) is 15.3 Å². The Bertz CT molecular complexity index is 421. The highest BCUT2D eigenvalue weighted by molar-refractivity contribution is 5.97. The summed E-state index contributed by atoms with van der Waals surface area (Å²) in [6.07, 6.45) is 2.42. The lowest BCUT2D eigenvalue weighted by molar-refractivity contribution is 0.0944. The molecule has 106 valence electrons. The zero-order chi connectivity index (χ0) is 14.3. The second-order valence-corrected chi connectivity index (χ2v) is 4.50. The number of anilines is 1. The number of carbonyl (C=O) groups is 1. The van der Waals surface area contributed by atoms with Crippen molar-refractivity contribution in [1.29, 1.82) is 0 Å². The first-order valence-corrected chi connectivity index (χ1v) is 6.42. The van der Waals surface area contributed by atoms with Crippen LogP contribution in [0.3, 0.4) is 0 Å². The lowest BCUT2D eigenvalue weighted by Gasteiger charge is -2.11. The molecule has 0 saturated carbocycles. The number of ether oxygens (including phenoxy) is 1. The maximum atomic E-state index is 12.1. The van der Waals surface area contributed by atoms with Crippen molar-refractivity contribution in [3.63, 3.8) is 0 Å². The molecule has 1 aromatic rings. The molecule has 1 aromatic heterocycles. The summed E-state index contributed by atoms with van der Waals surface area (Å²) in [5, 5.41) is 5.76. The van der Waals surface area contributed by atoms with Gasteiger partial charge in [-0.1, -0.05) is 13.8 Å². The normalized spacial score (nSPS) is 10.6. The van der Waals surface area contributed by atoms with Gasteiger partial charge >= 0.3 is 0 Å². The van der Waals surface area contributed by atoms with Crippen molar-refractivity contribution in [2.45, 2.75) is 26.2 Å². The van der Waals surface area contributed by atoms with Gasteiger partial charge in [-0.15, -0.1) is 0 Å². The van der Waals surface area contributed by atoms with E-state index >= 15 is 0 Å². The zero-order valence-electron chi connectivity index (χ0n) is 12.0. The Morgan fingerprint density at radius 3 is 2.79 bits per heavy atom. The standard InChI is InChI=1S/C13H22N4O2/c1-9(2)12-16-8-10(14-3)11(17-12)13(18)15-6-5-7-19-4/h8-9,14H,5-7H2,1-4H3,(H,15,18). The zero-order valence-corrected chi connectivity index (χ0v) is 12.0. The van der Waals surface area contributed by atoms with Gasteiger partial charge in [0.1, 0.15) is 5.82 Å². The molecule has 0 radical (unpaired) electrons. The van der Waals surface area contributed by atoms with Crippen LogP contribution in [0.4, 0.5) is 5.69 Å². The molecule has 0 atom stereocenters. The number of aromatic nitrogens is 2. The van der Waals surface area contributed by atoms with E-state index in [9.17, 15) is 4.79 Å². The van der Waals surface area contributed by atoms with Crippen LogP contribution in [0, 0.1) is 0 Å². The van der Waals surface area contributed by atoms with Crippen LogP contribution in [-0.4, -0.2) is 43.2 Å². The van der Waals surface area contributed by atoms with Crippen molar-refractivity contribution >= 4 is 11.6 Å². The van der Waals surface area contributed by atoms with E-state index in [0.29, 0.717) is 30.4 Å². The van der Waals surface area contributed by atoms with Gasteiger partial charge < -0.3 is 15.4 Å². The van der Waals surface area contributed by atoms with E-state index in [1.54, 1.807) is 20.4 Å². The Labute approximate surface area is 114 Å². The molecule has 2 N–H and O–H groups in total. The molecule has 0 aliphatic heterocycles. The van der Waals surface area contributed by atoms with Crippen molar-refractivity contribution < 1.29 is 9.53 Å². The van der Waals surface area contributed by atoms with Crippen molar-refractivity contribution in [2.24, 2.45) is 0 Å². The van der Waals surface area contributed by atoms with Gasteiger partial charge in [0.05, 0.1) is 11.9 Å². The molecule has 0 bridgehead atoms. The molecule has 19 heavy (non-hydrogen) atoms. The Morgan fingerprint density at radius 2 is 2.21 bits per heavy atom. The van der Waals surface area contributed by atoms with E-state index < -0.39 is 0 Å². The molecule has 1 amide bonds. The van der Waals surface area contributed by atoms with Crippen molar-refractivity contribution in [3.05, 3.63) is 17.7 Å². The molecular weight excluding hydrogens is 244 g/mol. The SMILES string of the molecule is CNc1cnc(C(C)C)nc1C(=O)NCCCOC. The number of methoxy groups -OCH3 is 1. The maximum absolute atomic E-state index is 12.1. The van der Waals surface area contributed by atoms with E-state index in [1.165, 1.54) is 0 Å². The van der Waals surface area contributed by atoms with E-state index in [-0.39, 0.29) is 11.8 Å². The van der Waals surface area contributed by atoms with Crippen molar-refractivity contribution in [3.8, 4) is 0 Å². The van der Waals surface area contributed by atoms with Gasteiger partial charge in [-0.2, -0.15) is 0 Å². The molecule has 0 saturated heterocycles. The molecule has 0 unspecified atom stereocenters. The van der Waals surface area contributed by atoms with Crippen LogP contribution >= 0.6 is 0 Å². The summed E-state index contributed by atoms with van der Waals surface area (Å²) in [5.74, 6) is 0.664. The van der Waals surface area contributed by atoms with Gasteiger partial charge in [0, 0.05) is 33.2 Å². The first-order valence-electron chi connectivity index (χ1n) is 6.42. The first-order chi connectivity index (χ1) is 9.10. The molecule has 0 aliphatic rings. The number of carbonyl (C=O) groups excluding carboxylic acids is 1. The van der Waals surface area contributed by atoms with Crippen LogP contribution in [0.2, 0.25) is 0 Å². The van der Waals surface area contributed by atoms with Gasteiger partial charge in [-0.25, -0.2) is 9.97 Å². The van der Waals surface area contributed by atoms with Crippen LogP contribution in [0.15, 0.2) is 6.20 Å². The van der Waals surface area contributed by atoms with Gasteiger partial charge in [0.25, 0.3) is 5.91 Å². The minimum absolute atomic E-state index is 0.186. The number of hydrogen-bond donors (Lipinski definition) is 2. The summed E-state index contributed by atoms with van der Waals surface area (Å²) in [5.41, 5.74) is 1.02. The quantitative estimate of drug-likeness (QED) is 0.730. The Balaban J connectivity index is 2.78. The lowest BCUT2D eigenvalue weighted by atomic mass is 10.2. The number of amides is 1. The van der Waals surface area contributed by atoms with E-state index in [1.807, 2.05) is 13.8 Å². The highest BCUT2D eigenvalue weighted by atomic mass is 16.5. The summed E-state index contributed by atoms with van der Waals surface area (Å²) >= 11 is 0. The highest BCUT2D eigenvalue weighted by Gasteiger charge is 2.15. The third-order valence-corrected chi connectivity index (χ3v) is 2.62. The second kappa shape index (κ2) is 7.68. The molecule has 1 heterocycles. The Kier molecular flexibility index (Phi) is 6.21. The second-order valence-electron chi connectivity index (χ2n) is 4.50. The lowest BCUT2D eigenvalue weighted by Crippen LogP contribution is -2.27. The van der Waals surface area contributed by atoms with Crippen molar-refractivity contribution in [2.75, 3.05) is 32.6 Å². The third-order valence-electron chi connectivity index (χ3n) is 2.62. The van der Waals surface area contributed by atoms with Gasteiger partial charge in [0.2, 0.25) is 0 Å². The predicted molar refractivity (Wildman–Crippen MR) is 74.5 cm³/mol. The van der Waals surface area contributed by atoms with Crippen LogP contribution in [0.5, 0.6) is 0 Å². The number of hydrogen-bond acceptors (Lipinski definition) is 5. The molecule has 0 fully saturated rings. The van der Waals surface area contributed by atoms with E-state index in [2.05, 4.69) is 20.6 Å². The minimum Gasteiger partial charge on any atom is -0.385 e. The summed E-state index contributed by atoms with van der Waals surface area (Å²) < 4.78 is 4.94. The maximum Gasteiger partial charge on any atom is 0.272 e. The third kappa shape index (κ3) is 4.48.